The molecule has 0 fully saturated rings. The zero-order chi connectivity index (χ0) is 18.5. The predicted octanol–water partition coefficient (Wildman–Crippen LogP) is 7.06. The van der Waals surface area contributed by atoms with Crippen molar-refractivity contribution in [1.29, 1.82) is 0 Å². The van der Waals surface area contributed by atoms with Gasteiger partial charge < -0.3 is 5.11 Å². The zero-order valence-corrected chi connectivity index (χ0v) is 16.5. The highest BCUT2D eigenvalue weighted by Gasteiger charge is 2.15. The van der Waals surface area contributed by atoms with Gasteiger partial charge in [0.15, 0.2) is 0 Å². The van der Waals surface area contributed by atoms with Gasteiger partial charge in [-0.05, 0) is 36.0 Å². The van der Waals surface area contributed by atoms with Crippen molar-refractivity contribution < 1.29 is 5.11 Å². The van der Waals surface area contributed by atoms with Crippen LogP contribution in [-0.4, -0.2) is 5.11 Å². The fraction of sp³-hybridized carbons (Fsp3) is 0.391. The van der Waals surface area contributed by atoms with Gasteiger partial charge in [0.25, 0.3) is 0 Å². The average Bonchev–Trinajstić information content (AvgIpc) is 2.67. The third-order valence-corrected chi connectivity index (χ3v) is 4.47. The van der Waals surface area contributed by atoms with E-state index in [1.807, 2.05) is 36.4 Å². The number of aliphatic hydroxyl groups is 1. The summed E-state index contributed by atoms with van der Waals surface area (Å²) >= 11 is 6.29. The van der Waals surface area contributed by atoms with Crippen molar-refractivity contribution in [1.82, 2.24) is 0 Å². The number of halogens is 1. The van der Waals surface area contributed by atoms with Crippen LogP contribution >= 0.6 is 11.6 Å². The minimum atomic E-state index is -0.560. The Morgan fingerprint density at radius 3 is 1.80 bits per heavy atom. The Labute approximate surface area is 158 Å². The summed E-state index contributed by atoms with van der Waals surface area (Å²) in [6.45, 7) is 6.37. The molecular formula is C23H31ClO. The van der Waals surface area contributed by atoms with Crippen molar-refractivity contribution in [3.8, 4) is 0 Å². The lowest BCUT2D eigenvalue weighted by molar-refractivity contribution is 0.210. The van der Waals surface area contributed by atoms with E-state index in [1.54, 1.807) is 0 Å². The molecule has 1 nitrogen and oxygen atoms in total. The van der Waals surface area contributed by atoms with E-state index in [0.717, 1.165) is 48.3 Å². The molecule has 0 amide bonds. The molecular weight excluding hydrogens is 328 g/mol. The predicted molar refractivity (Wildman–Crippen MR) is 110 cm³/mol. The van der Waals surface area contributed by atoms with Gasteiger partial charge in [-0.25, -0.2) is 0 Å². The van der Waals surface area contributed by atoms with Crippen LogP contribution in [0.25, 0.3) is 0 Å². The van der Waals surface area contributed by atoms with Gasteiger partial charge in [-0.1, -0.05) is 106 Å². The topological polar surface area (TPSA) is 20.2 Å². The lowest BCUT2D eigenvalue weighted by atomic mass is 9.96. The quantitative estimate of drug-likeness (QED) is 0.561. The van der Waals surface area contributed by atoms with Crippen molar-refractivity contribution in [2.24, 2.45) is 0 Å². The van der Waals surface area contributed by atoms with E-state index in [1.165, 1.54) is 5.56 Å². The summed E-state index contributed by atoms with van der Waals surface area (Å²) in [6.07, 6.45) is 4.29. The SMILES string of the molecule is CCC/C(Cl)=C(\CCC)C(O)c1ccccc1.CCc1ccccc1. The van der Waals surface area contributed by atoms with Gasteiger partial charge in [0, 0.05) is 5.03 Å². The van der Waals surface area contributed by atoms with Gasteiger partial charge in [0.2, 0.25) is 0 Å². The van der Waals surface area contributed by atoms with E-state index in [2.05, 4.69) is 45.0 Å². The maximum atomic E-state index is 10.4. The number of aliphatic hydroxyl groups excluding tert-OH is 1. The molecule has 1 unspecified atom stereocenters. The molecule has 0 radical (unpaired) electrons. The van der Waals surface area contributed by atoms with Crippen LogP contribution in [0.1, 0.15) is 63.7 Å². The molecule has 2 aromatic carbocycles. The van der Waals surface area contributed by atoms with Crippen molar-refractivity contribution in [3.63, 3.8) is 0 Å². The minimum absolute atomic E-state index is 0.560. The van der Waals surface area contributed by atoms with Crippen molar-refractivity contribution >= 4 is 11.6 Å². The molecule has 0 aliphatic carbocycles. The van der Waals surface area contributed by atoms with Crippen LogP contribution in [0.5, 0.6) is 0 Å². The van der Waals surface area contributed by atoms with Crippen molar-refractivity contribution in [2.45, 2.75) is 59.0 Å². The van der Waals surface area contributed by atoms with Crippen LogP contribution in [-0.2, 0) is 6.42 Å². The van der Waals surface area contributed by atoms with Crippen molar-refractivity contribution in [3.05, 3.63) is 82.4 Å². The summed E-state index contributed by atoms with van der Waals surface area (Å²) in [5.74, 6) is 0. The molecule has 1 N–H and O–H groups in total. The molecule has 1 atom stereocenters. The molecule has 0 aliphatic rings. The first-order valence-electron chi connectivity index (χ1n) is 9.28. The summed E-state index contributed by atoms with van der Waals surface area (Å²) in [5.41, 5.74) is 3.31. The number of aryl methyl sites for hydroxylation is 1. The van der Waals surface area contributed by atoms with Gasteiger partial charge in [0.05, 0.1) is 0 Å². The first-order valence-corrected chi connectivity index (χ1v) is 9.66. The number of hydrogen-bond donors (Lipinski definition) is 1. The summed E-state index contributed by atoms with van der Waals surface area (Å²) < 4.78 is 0. The number of allylic oxidation sites excluding steroid dienone is 1. The molecule has 0 saturated carbocycles. The van der Waals surface area contributed by atoms with Crippen LogP contribution in [0.3, 0.4) is 0 Å². The van der Waals surface area contributed by atoms with E-state index in [-0.39, 0.29) is 0 Å². The minimum Gasteiger partial charge on any atom is -0.384 e. The van der Waals surface area contributed by atoms with Crippen LogP contribution in [0.2, 0.25) is 0 Å². The van der Waals surface area contributed by atoms with E-state index in [0.29, 0.717) is 0 Å². The molecule has 0 saturated heterocycles. The first-order chi connectivity index (χ1) is 12.1. The van der Waals surface area contributed by atoms with Crippen molar-refractivity contribution in [2.75, 3.05) is 0 Å². The summed E-state index contributed by atoms with van der Waals surface area (Å²) in [5, 5.41) is 11.2. The Morgan fingerprint density at radius 1 is 0.840 bits per heavy atom. The molecule has 2 heteroatoms. The molecule has 25 heavy (non-hydrogen) atoms. The smallest absolute Gasteiger partial charge is 0.101 e. The maximum Gasteiger partial charge on any atom is 0.101 e. The van der Waals surface area contributed by atoms with Crippen LogP contribution < -0.4 is 0 Å². The number of rotatable bonds is 7. The molecule has 2 rings (SSSR count). The molecule has 0 aliphatic heterocycles. The van der Waals surface area contributed by atoms with Gasteiger partial charge in [-0.2, -0.15) is 0 Å². The summed E-state index contributed by atoms with van der Waals surface area (Å²) in [7, 11) is 0. The van der Waals surface area contributed by atoms with Gasteiger partial charge in [0.1, 0.15) is 6.10 Å². The second-order valence-electron chi connectivity index (χ2n) is 6.08. The monoisotopic (exact) mass is 358 g/mol. The molecule has 0 heterocycles. The zero-order valence-electron chi connectivity index (χ0n) is 15.7. The van der Waals surface area contributed by atoms with Crippen LogP contribution in [0, 0.1) is 0 Å². The summed E-state index contributed by atoms with van der Waals surface area (Å²) in [4.78, 5) is 0. The Bertz CT molecular complexity index is 605. The standard InChI is InChI=1S/C15H21ClO.C8H10/c1-3-8-13(14(16)9-4-2)15(17)12-10-6-5-7-11-12;1-2-8-6-4-3-5-7-8/h5-7,10-11,15,17H,3-4,8-9H2,1-2H3;3-7H,2H2,1H3/b14-13-;. The lowest BCUT2D eigenvalue weighted by Crippen LogP contribution is -2.03. The second-order valence-corrected chi connectivity index (χ2v) is 6.54. The lowest BCUT2D eigenvalue weighted by Gasteiger charge is -2.17. The van der Waals surface area contributed by atoms with E-state index in [9.17, 15) is 5.11 Å². The molecule has 0 aromatic heterocycles. The normalized spacial score (nSPS) is 12.7. The first kappa shape index (κ1) is 21.5. The van der Waals surface area contributed by atoms with Crippen LogP contribution in [0.4, 0.5) is 0 Å². The Morgan fingerprint density at radius 2 is 1.36 bits per heavy atom. The van der Waals surface area contributed by atoms with E-state index < -0.39 is 6.10 Å². The van der Waals surface area contributed by atoms with Gasteiger partial charge in [-0.15, -0.1) is 0 Å². The largest absolute Gasteiger partial charge is 0.384 e. The molecule has 0 spiro atoms. The van der Waals surface area contributed by atoms with E-state index >= 15 is 0 Å². The fourth-order valence-corrected chi connectivity index (χ4v) is 3.01. The third kappa shape index (κ3) is 7.90. The molecule has 0 bridgehead atoms. The number of hydrogen-bond acceptors (Lipinski definition) is 1. The summed E-state index contributed by atoms with van der Waals surface area (Å²) in [6, 6.07) is 20.2. The third-order valence-electron chi connectivity index (χ3n) is 4.03. The molecule has 2 aromatic rings. The highest BCUT2D eigenvalue weighted by Crippen LogP contribution is 2.31. The Balaban J connectivity index is 0.000000324. The Kier molecular flexibility index (Phi) is 10.9. The maximum absolute atomic E-state index is 10.4. The van der Waals surface area contributed by atoms with Gasteiger partial charge >= 0.3 is 0 Å². The number of benzene rings is 2. The highest BCUT2D eigenvalue weighted by molar-refractivity contribution is 6.30. The molecule has 136 valence electrons. The average molecular weight is 359 g/mol. The highest BCUT2D eigenvalue weighted by atomic mass is 35.5. The van der Waals surface area contributed by atoms with Crippen LogP contribution in [0.15, 0.2) is 71.3 Å². The van der Waals surface area contributed by atoms with E-state index in [4.69, 9.17) is 11.6 Å². The second kappa shape index (κ2) is 12.7. The fourth-order valence-electron chi connectivity index (χ4n) is 2.62. The Hall–Kier alpha value is -1.57. The van der Waals surface area contributed by atoms with Gasteiger partial charge in [-0.3, -0.25) is 0 Å².